The predicted octanol–water partition coefficient (Wildman–Crippen LogP) is 2.00. The van der Waals surface area contributed by atoms with Gasteiger partial charge in [-0.15, -0.1) is 0 Å². The van der Waals surface area contributed by atoms with Crippen molar-refractivity contribution in [2.75, 3.05) is 26.4 Å². The molecule has 2 N–H and O–H groups in total. The molecule has 1 heterocycles. The molecular weight excluding hydrogens is 244 g/mol. The van der Waals surface area contributed by atoms with Gasteiger partial charge in [0.25, 0.3) is 0 Å². The highest BCUT2D eigenvalue weighted by molar-refractivity contribution is 5.79. The molecule has 0 aromatic rings. The van der Waals surface area contributed by atoms with E-state index in [0.717, 1.165) is 25.1 Å². The molecule has 0 bridgehead atoms. The van der Waals surface area contributed by atoms with Crippen molar-refractivity contribution in [3.05, 3.63) is 0 Å². The molecule has 0 spiro atoms. The largest absolute Gasteiger partial charge is 0.477 e. The minimum absolute atomic E-state index is 0.0504. The van der Waals surface area contributed by atoms with E-state index in [1.54, 1.807) is 0 Å². The molecule has 5 heteroatoms. The summed E-state index contributed by atoms with van der Waals surface area (Å²) in [5.74, 6) is 0.00647. The number of amidine groups is 1. The van der Waals surface area contributed by atoms with E-state index < -0.39 is 5.97 Å². The highest BCUT2D eigenvalue weighted by Gasteiger charge is 2.39. The lowest BCUT2D eigenvalue weighted by molar-refractivity contribution is -0.849. The van der Waals surface area contributed by atoms with E-state index in [9.17, 15) is 9.90 Å². The summed E-state index contributed by atoms with van der Waals surface area (Å²) < 4.78 is 0.143. The molecular formula is C14H27N2O3+. The van der Waals surface area contributed by atoms with Gasteiger partial charge in [0.2, 0.25) is 5.84 Å². The Kier molecular flexibility index (Phi) is 7.02. The molecule has 0 saturated carbocycles. The van der Waals surface area contributed by atoms with Crippen LogP contribution in [0.5, 0.6) is 0 Å². The molecule has 0 saturated heterocycles. The molecule has 0 amide bonds. The van der Waals surface area contributed by atoms with E-state index in [2.05, 4.69) is 11.9 Å². The second-order valence-corrected chi connectivity index (χ2v) is 5.38. The Hall–Kier alpha value is -0.940. The summed E-state index contributed by atoms with van der Waals surface area (Å²) in [7, 11) is 0. The van der Waals surface area contributed by atoms with Crippen LogP contribution >= 0.6 is 0 Å². The fourth-order valence-electron chi connectivity index (χ4n) is 2.66. The Morgan fingerprint density at radius 1 is 1.26 bits per heavy atom. The van der Waals surface area contributed by atoms with Crippen LogP contribution in [0.15, 0.2) is 4.99 Å². The average molecular weight is 271 g/mol. The van der Waals surface area contributed by atoms with Crippen molar-refractivity contribution in [3.8, 4) is 0 Å². The lowest BCUT2D eigenvalue weighted by atomic mass is 10.1. The minimum atomic E-state index is -0.869. The predicted molar refractivity (Wildman–Crippen MR) is 75.0 cm³/mol. The third kappa shape index (κ3) is 4.91. The zero-order valence-electron chi connectivity index (χ0n) is 12.0. The van der Waals surface area contributed by atoms with Crippen LogP contribution in [-0.4, -0.2) is 52.9 Å². The summed E-state index contributed by atoms with van der Waals surface area (Å²) in [6.07, 6.45) is 8.07. The van der Waals surface area contributed by atoms with Gasteiger partial charge < -0.3 is 10.2 Å². The van der Waals surface area contributed by atoms with Crippen molar-refractivity contribution in [2.24, 2.45) is 4.99 Å². The van der Waals surface area contributed by atoms with Crippen LogP contribution in [-0.2, 0) is 4.79 Å². The van der Waals surface area contributed by atoms with Crippen LogP contribution in [0.3, 0.4) is 0 Å². The van der Waals surface area contributed by atoms with Gasteiger partial charge in [0.15, 0.2) is 13.3 Å². The molecule has 1 unspecified atom stereocenters. The van der Waals surface area contributed by atoms with Gasteiger partial charge in [-0.2, -0.15) is 0 Å². The normalized spacial score (nSPS) is 22.5. The summed E-state index contributed by atoms with van der Waals surface area (Å²) in [6, 6.07) is 0. The lowest BCUT2D eigenvalue weighted by Gasteiger charge is -2.30. The maximum absolute atomic E-state index is 10.9. The number of rotatable bonds is 10. The molecule has 0 aromatic carbocycles. The molecule has 1 atom stereocenters. The molecule has 5 nitrogen and oxygen atoms in total. The van der Waals surface area contributed by atoms with Crippen molar-refractivity contribution in [1.82, 2.24) is 0 Å². The molecule has 1 rings (SSSR count). The van der Waals surface area contributed by atoms with Gasteiger partial charge >= 0.3 is 5.97 Å². The SMILES string of the molecule is CCCCCCCCC1=NCC[N+]1(CO)CC(=O)O. The Labute approximate surface area is 115 Å². The summed E-state index contributed by atoms with van der Waals surface area (Å²) in [5.41, 5.74) is 0. The number of aliphatic hydroxyl groups excluding tert-OH is 1. The third-order valence-electron chi connectivity index (χ3n) is 3.83. The summed E-state index contributed by atoms with van der Waals surface area (Å²) in [4.78, 5) is 15.3. The fourth-order valence-corrected chi connectivity index (χ4v) is 2.66. The third-order valence-corrected chi connectivity index (χ3v) is 3.83. The first-order valence-electron chi connectivity index (χ1n) is 7.37. The number of carbonyl (C=O) groups is 1. The Morgan fingerprint density at radius 2 is 1.95 bits per heavy atom. The van der Waals surface area contributed by atoms with E-state index >= 15 is 0 Å². The van der Waals surface area contributed by atoms with Gasteiger partial charge in [-0.05, 0) is 6.42 Å². The quantitative estimate of drug-likeness (QED) is 0.471. The minimum Gasteiger partial charge on any atom is -0.477 e. The lowest BCUT2D eigenvalue weighted by Crippen LogP contribution is -2.54. The number of aliphatic carboxylic acids is 1. The fraction of sp³-hybridized carbons (Fsp3) is 0.857. The highest BCUT2D eigenvalue weighted by atomic mass is 16.4. The Morgan fingerprint density at radius 3 is 2.58 bits per heavy atom. The maximum Gasteiger partial charge on any atom is 0.359 e. The molecule has 19 heavy (non-hydrogen) atoms. The molecule has 1 aliphatic rings. The molecule has 110 valence electrons. The van der Waals surface area contributed by atoms with E-state index in [0.29, 0.717) is 13.1 Å². The van der Waals surface area contributed by atoms with Gasteiger partial charge in [0, 0.05) is 6.42 Å². The van der Waals surface area contributed by atoms with E-state index in [1.165, 1.54) is 25.7 Å². The van der Waals surface area contributed by atoms with Crippen molar-refractivity contribution in [2.45, 2.75) is 51.9 Å². The molecule has 1 aliphatic heterocycles. The summed E-state index contributed by atoms with van der Waals surface area (Å²) in [6.45, 7) is 3.26. The summed E-state index contributed by atoms with van der Waals surface area (Å²) in [5, 5.41) is 18.5. The number of aliphatic imine (C=N–C) groups is 1. The van der Waals surface area contributed by atoms with Gasteiger partial charge in [0.1, 0.15) is 6.54 Å². The van der Waals surface area contributed by atoms with E-state index in [1.807, 2.05) is 0 Å². The topological polar surface area (TPSA) is 69.9 Å². The molecule has 0 aliphatic carbocycles. The second-order valence-electron chi connectivity index (χ2n) is 5.38. The van der Waals surface area contributed by atoms with Crippen molar-refractivity contribution in [3.63, 3.8) is 0 Å². The zero-order chi connectivity index (χ0) is 14.1. The van der Waals surface area contributed by atoms with E-state index in [4.69, 9.17) is 5.11 Å². The monoisotopic (exact) mass is 271 g/mol. The number of aliphatic hydroxyl groups is 1. The van der Waals surface area contributed by atoms with Crippen LogP contribution in [0, 0.1) is 0 Å². The van der Waals surface area contributed by atoms with Crippen LogP contribution in [0.1, 0.15) is 51.9 Å². The number of nitrogens with zero attached hydrogens (tertiary/aromatic N) is 2. The average Bonchev–Trinajstić information content (AvgIpc) is 2.76. The molecule has 0 fully saturated rings. The number of quaternary nitrogens is 1. The van der Waals surface area contributed by atoms with Crippen LogP contribution in [0.4, 0.5) is 0 Å². The second kappa shape index (κ2) is 8.27. The first-order valence-corrected chi connectivity index (χ1v) is 7.37. The first kappa shape index (κ1) is 16.1. The van der Waals surface area contributed by atoms with Gasteiger partial charge in [0.05, 0.1) is 6.54 Å². The van der Waals surface area contributed by atoms with Crippen LogP contribution < -0.4 is 0 Å². The first-order chi connectivity index (χ1) is 9.14. The van der Waals surface area contributed by atoms with Gasteiger partial charge in [-0.1, -0.05) is 39.0 Å². The Bertz CT molecular complexity index is 318. The van der Waals surface area contributed by atoms with Crippen molar-refractivity contribution >= 4 is 11.8 Å². The summed E-state index contributed by atoms with van der Waals surface area (Å²) >= 11 is 0. The number of carboxylic acid groups (broad SMARTS) is 1. The van der Waals surface area contributed by atoms with E-state index in [-0.39, 0.29) is 17.8 Å². The number of unbranched alkanes of at least 4 members (excludes halogenated alkanes) is 5. The highest BCUT2D eigenvalue weighted by Crippen LogP contribution is 2.19. The Balaban J connectivity index is 2.36. The van der Waals surface area contributed by atoms with Crippen molar-refractivity contribution in [1.29, 1.82) is 0 Å². The maximum atomic E-state index is 10.9. The molecule has 0 radical (unpaired) electrons. The smallest absolute Gasteiger partial charge is 0.359 e. The van der Waals surface area contributed by atoms with Crippen LogP contribution in [0.2, 0.25) is 0 Å². The van der Waals surface area contributed by atoms with Crippen molar-refractivity contribution < 1.29 is 19.5 Å². The van der Waals surface area contributed by atoms with Gasteiger partial charge in [-0.3, -0.25) is 0 Å². The van der Waals surface area contributed by atoms with Crippen LogP contribution in [0.25, 0.3) is 0 Å². The number of carboxylic acids is 1. The standard InChI is InChI=1S/C14H26N2O3/c1-2-3-4-5-6-7-8-13-15-9-10-16(13,12-17)11-14(18)19/h17H,2-12H2,1H3/p+1. The number of hydrogen-bond acceptors (Lipinski definition) is 3. The molecule has 0 aromatic heterocycles. The number of hydrogen-bond donors (Lipinski definition) is 2. The van der Waals surface area contributed by atoms with Gasteiger partial charge in [-0.25, -0.2) is 14.3 Å². The zero-order valence-corrected chi connectivity index (χ0v) is 12.0.